The van der Waals surface area contributed by atoms with E-state index in [1.807, 2.05) is 6.20 Å². The third-order valence-corrected chi connectivity index (χ3v) is 2.87. The lowest BCUT2D eigenvalue weighted by Gasteiger charge is -2.02. The van der Waals surface area contributed by atoms with Crippen LogP contribution in [0.5, 0.6) is 0 Å². The fraction of sp³-hybridized carbons (Fsp3) is 0.200. The van der Waals surface area contributed by atoms with Crippen LogP contribution in [0.1, 0.15) is 5.56 Å². The smallest absolute Gasteiger partial charge is 0.0465 e. The number of fused-ring (bicyclic) bond motifs is 1. The number of H-pyrrole nitrogens is 1. The molecule has 0 atom stereocenters. The van der Waals surface area contributed by atoms with Gasteiger partial charge in [0.1, 0.15) is 0 Å². The Morgan fingerprint density at radius 2 is 2.23 bits per heavy atom. The third-order valence-electron chi connectivity index (χ3n) is 2.13. The highest BCUT2D eigenvalue weighted by atomic mass is 79.9. The number of nitrogens with one attached hydrogen (secondary N) is 1. The van der Waals surface area contributed by atoms with Crippen LogP contribution < -0.4 is 5.73 Å². The molecule has 2 nitrogen and oxygen atoms in total. The molecule has 2 rings (SSSR count). The Hall–Kier alpha value is -0.800. The Morgan fingerprint density at radius 3 is 3.00 bits per heavy atom. The summed E-state index contributed by atoms with van der Waals surface area (Å²) in [6.45, 7) is 0.689. The highest BCUT2D eigenvalue weighted by Crippen LogP contribution is 2.23. The van der Waals surface area contributed by atoms with Crippen LogP contribution >= 0.6 is 15.9 Å². The molecule has 68 valence electrons. The average Bonchev–Trinajstić information content (AvgIpc) is 2.52. The molecule has 0 amide bonds. The fourth-order valence-corrected chi connectivity index (χ4v) is 2.01. The molecule has 0 aliphatic rings. The minimum atomic E-state index is 0.689. The number of halogens is 1. The molecule has 3 N–H and O–H groups in total. The predicted octanol–water partition coefficient (Wildman–Crippen LogP) is 2.43. The van der Waals surface area contributed by atoms with Crippen LogP contribution in [0.2, 0.25) is 0 Å². The SMILES string of the molecule is NCCc1cc2cc[nH]c2cc1Br. The van der Waals surface area contributed by atoms with E-state index in [-0.39, 0.29) is 0 Å². The van der Waals surface area contributed by atoms with Crippen molar-refractivity contribution in [3.63, 3.8) is 0 Å². The lowest BCUT2D eigenvalue weighted by Crippen LogP contribution is -2.03. The standard InChI is InChI=1S/C10H11BrN2/c11-9-6-10-8(2-4-13-10)5-7(9)1-3-12/h2,4-6,13H,1,3,12H2. The summed E-state index contributed by atoms with van der Waals surface area (Å²) in [5, 5.41) is 1.24. The number of aromatic amines is 1. The Bertz CT molecular complexity index is 420. The van der Waals surface area contributed by atoms with Gasteiger partial charge in [0, 0.05) is 16.2 Å². The normalized spacial score (nSPS) is 10.9. The molecule has 3 heteroatoms. The van der Waals surface area contributed by atoms with E-state index in [1.54, 1.807) is 0 Å². The molecule has 0 saturated carbocycles. The van der Waals surface area contributed by atoms with Crippen molar-refractivity contribution in [1.82, 2.24) is 4.98 Å². The van der Waals surface area contributed by atoms with Gasteiger partial charge in [-0.05, 0) is 42.1 Å². The van der Waals surface area contributed by atoms with E-state index in [1.165, 1.54) is 10.9 Å². The van der Waals surface area contributed by atoms with Gasteiger partial charge in [-0.15, -0.1) is 0 Å². The maximum Gasteiger partial charge on any atom is 0.0465 e. The summed E-state index contributed by atoms with van der Waals surface area (Å²) in [7, 11) is 0. The second-order valence-electron chi connectivity index (χ2n) is 3.05. The van der Waals surface area contributed by atoms with Gasteiger partial charge < -0.3 is 10.7 Å². The summed E-state index contributed by atoms with van der Waals surface area (Å²) in [5.41, 5.74) is 7.95. The van der Waals surface area contributed by atoms with Crippen LogP contribution in [0.15, 0.2) is 28.9 Å². The number of nitrogens with two attached hydrogens (primary N) is 1. The largest absolute Gasteiger partial charge is 0.361 e. The number of rotatable bonds is 2. The Morgan fingerprint density at radius 1 is 1.38 bits per heavy atom. The van der Waals surface area contributed by atoms with Gasteiger partial charge in [0.2, 0.25) is 0 Å². The summed E-state index contributed by atoms with van der Waals surface area (Å²) in [6, 6.07) is 6.34. The van der Waals surface area contributed by atoms with Crippen molar-refractivity contribution in [2.24, 2.45) is 5.73 Å². The molecule has 0 bridgehead atoms. The second-order valence-corrected chi connectivity index (χ2v) is 3.90. The Labute approximate surface area is 85.3 Å². The number of benzene rings is 1. The summed E-state index contributed by atoms with van der Waals surface area (Å²) in [5.74, 6) is 0. The molecule has 2 aromatic rings. The zero-order valence-corrected chi connectivity index (χ0v) is 8.76. The lowest BCUT2D eigenvalue weighted by molar-refractivity contribution is 0.966. The minimum absolute atomic E-state index is 0.689. The monoisotopic (exact) mass is 238 g/mol. The van der Waals surface area contributed by atoms with Gasteiger partial charge in [-0.3, -0.25) is 0 Å². The Kier molecular flexibility index (Phi) is 2.38. The van der Waals surface area contributed by atoms with Crippen molar-refractivity contribution >= 4 is 26.8 Å². The van der Waals surface area contributed by atoms with Crippen molar-refractivity contribution in [2.45, 2.75) is 6.42 Å². The predicted molar refractivity (Wildman–Crippen MR) is 58.8 cm³/mol. The third kappa shape index (κ3) is 1.62. The molecule has 1 heterocycles. The summed E-state index contributed by atoms with van der Waals surface area (Å²) in [4.78, 5) is 3.17. The van der Waals surface area contributed by atoms with Crippen molar-refractivity contribution in [2.75, 3.05) is 6.54 Å². The van der Waals surface area contributed by atoms with Gasteiger partial charge in [-0.1, -0.05) is 15.9 Å². The van der Waals surface area contributed by atoms with Crippen molar-refractivity contribution in [3.8, 4) is 0 Å². The number of aromatic nitrogens is 1. The molecule has 1 aromatic heterocycles. The zero-order chi connectivity index (χ0) is 9.26. The van der Waals surface area contributed by atoms with Crippen LogP contribution in [0.25, 0.3) is 10.9 Å². The molecule has 13 heavy (non-hydrogen) atoms. The van der Waals surface area contributed by atoms with Gasteiger partial charge in [0.05, 0.1) is 0 Å². The first kappa shape index (κ1) is 8.78. The van der Waals surface area contributed by atoms with Crippen LogP contribution in [0.4, 0.5) is 0 Å². The Balaban J connectivity index is 2.56. The molecule has 0 spiro atoms. The molecular formula is C10H11BrN2. The number of hydrogen-bond acceptors (Lipinski definition) is 1. The second kappa shape index (κ2) is 3.52. The summed E-state index contributed by atoms with van der Waals surface area (Å²) < 4.78 is 1.13. The first-order valence-corrected chi connectivity index (χ1v) is 5.06. The first-order chi connectivity index (χ1) is 6.31. The van der Waals surface area contributed by atoms with Crippen molar-refractivity contribution in [1.29, 1.82) is 0 Å². The van der Waals surface area contributed by atoms with Gasteiger partial charge in [-0.2, -0.15) is 0 Å². The van der Waals surface area contributed by atoms with Gasteiger partial charge in [-0.25, -0.2) is 0 Å². The molecule has 0 aliphatic carbocycles. The first-order valence-electron chi connectivity index (χ1n) is 4.27. The summed E-state index contributed by atoms with van der Waals surface area (Å²) in [6.07, 6.45) is 2.87. The molecular weight excluding hydrogens is 228 g/mol. The quantitative estimate of drug-likeness (QED) is 0.830. The van der Waals surface area contributed by atoms with Crippen LogP contribution in [-0.2, 0) is 6.42 Å². The zero-order valence-electron chi connectivity index (χ0n) is 7.18. The van der Waals surface area contributed by atoms with E-state index in [0.717, 1.165) is 16.4 Å². The van der Waals surface area contributed by atoms with Crippen LogP contribution in [0, 0.1) is 0 Å². The highest BCUT2D eigenvalue weighted by molar-refractivity contribution is 9.10. The fourth-order valence-electron chi connectivity index (χ4n) is 1.47. The lowest BCUT2D eigenvalue weighted by atomic mass is 10.1. The van der Waals surface area contributed by atoms with E-state index in [4.69, 9.17) is 5.73 Å². The molecule has 0 fully saturated rings. The maximum absolute atomic E-state index is 5.52. The highest BCUT2D eigenvalue weighted by Gasteiger charge is 2.02. The summed E-state index contributed by atoms with van der Waals surface area (Å²) >= 11 is 3.53. The van der Waals surface area contributed by atoms with Crippen LogP contribution in [0.3, 0.4) is 0 Å². The van der Waals surface area contributed by atoms with Gasteiger partial charge >= 0.3 is 0 Å². The van der Waals surface area contributed by atoms with Crippen molar-refractivity contribution in [3.05, 3.63) is 34.4 Å². The number of hydrogen-bond donors (Lipinski definition) is 2. The molecule has 0 aliphatic heterocycles. The van der Waals surface area contributed by atoms with Crippen LogP contribution in [-0.4, -0.2) is 11.5 Å². The average molecular weight is 239 g/mol. The van der Waals surface area contributed by atoms with E-state index >= 15 is 0 Å². The molecule has 0 unspecified atom stereocenters. The maximum atomic E-state index is 5.52. The van der Waals surface area contributed by atoms with E-state index in [2.05, 4.69) is 39.1 Å². The van der Waals surface area contributed by atoms with E-state index in [0.29, 0.717) is 6.54 Å². The topological polar surface area (TPSA) is 41.8 Å². The van der Waals surface area contributed by atoms with Gasteiger partial charge in [0.15, 0.2) is 0 Å². The van der Waals surface area contributed by atoms with Gasteiger partial charge in [0.25, 0.3) is 0 Å². The molecule has 0 radical (unpaired) electrons. The minimum Gasteiger partial charge on any atom is -0.361 e. The van der Waals surface area contributed by atoms with Crippen molar-refractivity contribution < 1.29 is 0 Å². The molecule has 1 aromatic carbocycles. The molecule has 0 saturated heterocycles. The van der Waals surface area contributed by atoms with E-state index < -0.39 is 0 Å². The van der Waals surface area contributed by atoms with E-state index in [9.17, 15) is 0 Å².